The molecule has 0 amide bonds. The first-order valence-corrected chi connectivity index (χ1v) is 6.05. The average molecular weight is 239 g/mol. The number of hydrogen-bond donors (Lipinski definition) is 0. The summed E-state index contributed by atoms with van der Waals surface area (Å²) >= 11 is 0. The van der Waals surface area contributed by atoms with Crippen molar-refractivity contribution in [3.8, 4) is 11.1 Å². The van der Waals surface area contributed by atoms with Crippen LogP contribution in [0.25, 0.3) is 11.1 Å². The second-order valence-electron chi connectivity index (χ2n) is 4.52. The van der Waals surface area contributed by atoms with E-state index >= 15 is 0 Å². The molecule has 2 heteroatoms. The molecule has 1 nitrogen and oxygen atoms in total. The van der Waals surface area contributed by atoms with Gasteiger partial charge < -0.3 is 4.43 Å². The van der Waals surface area contributed by atoms with Crippen molar-refractivity contribution >= 4 is 10.5 Å². The summed E-state index contributed by atoms with van der Waals surface area (Å²) in [6, 6.07) is 18.7. The van der Waals surface area contributed by atoms with Crippen molar-refractivity contribution in [2.24, 2.45) is 0 Å². The molecule has 2 rings (SSSR count). The molecule has 2 aromatic carbocycles. The Labute approximate surface area is 106 Å². The van der Waals surface area contributed by atoms with E-state index in [9.17, 15) is 0 Å². The second kappa shape index (κ2) is 4.86. The second-order valence-corrected chi connectivity index (χ2v) is 4.73. The Balaban J connectivity index is 2.56. The van der Waals surface area contributed by atoms with Crippen LogP contribution in [0.2, 0.25) is 0 Å². The van der Waals surface area contributed by atoms with Gasteiger partial charge in [-0.3, -0.25) is 0 Å². The molecule has 0 atom stereocenters. The normalized spacial score (nSPS) is 11.5. The molecule has 0 fully saturated rings. The molecular weight excluding hydrogens is 224 g/mol. The Morgan fingerprint density at radius 2 is 1.47 bits per heavy atom. The van der Waals surface area contributed by atoms with Crippen LogP contribution in [0.15, 0.2) is 54.6 Å². The van der Waals surface area contributed by atoms with Gasteiger partial charge in [-0.15, -0.1) is 0 Å². The summed E-state index contributed by atoms with van der Waals surface area (Å²) in [5, 5.41) is 0. The summed E-state index contributed by atoms with van der Waals surface area (Å²) < 4.78 is 5.39. The predicted octanol–water partition coefficient (Wildman–Crippen LogP) is 3.69. The zero-order chi connectivity index (χ0) is 12.3. The zero-order valence-electron chi connectivity index (χ0n) is 10.1. The Morgan fingerprint density at radius 3 is 2.12 bits per heavy atom. The number of benzene rings is 2. The Bertz CT molecular complexity index is 491. The van der Waals surface area contributed by atoms with Gasteiger partial charge in [-0.25, -0.2) is 0 Å². The highest BCUT2D eigenvalue weighted by Crippen LogP contribution is 2.33. The van der Waals surface area contributed by atoms with Gasteiger partial charge >= 0.3 is 0 Å². The monoisotopic (exact) mass is 239 g/mol. The highest BCUT2D eigenvalue weighted by atomic mass is 28.2. The van der Waals surface area contributed by atoms with E-state index in [1.807, 2.05) is 38.1 Å². The van der Waals surface area contributed by atoms with Gasteiger partial charge in [0.1, 0.15) is 0 Å². The molecule has 0 bridgehead atoms. The summed E-state index contributed by atoms with van der Waals surface area (Å²) in [6.07, 6.45) is 0. The van der Waals surface area contributed by atoms with E-state index in [1.54, 1.807) is 0 Å². The summed E-state index contributed by atoms with van der Waals surface area (Å²) in [6.45, 7) is 4.09. The van der Waals surface area contributed by atoms with Gasteiger partial charge in [0, 0.05) is 0 Å². The molecule has 17 heavy (non-hydrogen) atoms. The Hall–Kier alpha value is -1.38. The van der Waals surface area contributed by atoms with Crippen LogP contribution in [-0.4, -0.2) is 10.5 Å². The van der Waals surface area contributed by atoms with E-state index in [0.29, 0.717) is 0 Å². The van der Waals surface area contributed by atoms with Crippen LogP contribution in [0.1, 0.15) is 19.4 Å². The molecular formula is C15H15OSi. The van der Waals surface area contributed by atoms with Gasteiger partial charge in [0.15, 0.2) is 0 Å². The van der Waals surface area contributed by atoms with Crippen molar-refractivity contribution in [3.05, 3.63) is 60.2 Å². The molecule has 0 aliphatic heterocycles. The fourth-order valence-corrected chi connectivity index (χ4v) is 2.04. The molecule has 2 aromatic rings. The molecule has 0 aliphatic rings. The van der Waals surface area contributed by atoms with Gasteiger partial charge in [0.25, 0.3) is 0 Å². The van der Waals surface area contributed by atoms with E-state index < -0.39 is 0 Å². The summed E-state index contributed by atoms with van der Waals surface area (Å²) in [7, 11) is 3.16. The predicted molar refractivity (Wildman–Crippen MR) is 71.7 cm³/mol. The van der Waals surface area contributed by atoms with Crippen molar-refractivity contribution < 1.29 is 4.43 Å². The van der Waals surface area contributed by atoms with E-state index in [4.69, 9.17) is 4.43 Å². The molecule has 0 aromatic heterocycles. The molecule has 0 spiro atoms. The lowest BCUT2D eigenvalue weighted by atomic mass is 9.90. The standard InChI is InChI=1S/C15H15OSi/c1-15(2,16-17)14-11-7-6-10-13(14)12-8-4-3-5-9-12/h3-11H,1-2H3. The van der Waals surface area contributed by atoms with Crippen LogP contribution in [0, 0.1) is 0 Å². The van der Waals surface area contributed by atoms with Crippen molar-refractivity contribution in [3.63, 3.8) is 0 Å². The highest BCUT2D eigenvalue weighted by molar-refractivity contribution is 5.98. The van der Waals surface area contributed by atoms with Crippen molar-refractivity contribution in [2.75, 3.05) is 0 Å². The van der Waals surface area contributed by atoms with Gasteiger partial charge in [0.05, 0.1) is 5.60 Å². The van der Waals surface area contributed by atoms with Crippen LogP contribution in [-0.2, 0) is 10.0 Å². The molecule has 0 aliphatic carbocycles. The first-order valence-electron chi connectivity index (χ1n) is 5.65. The van der Waals surface area contributed by atoms with Crippen molar-refractivity contribution in [2.45, 2.75) is 19.4 Å². The third-order valence-corrected chi connectivity index (χ3v) is 3.43. The van der Waals surface area contributed by atoms with Crippen LogP contribution in [0.3, 0.4) is 0 Å². The zero-order valence-corrected chi connectivity index (χ0v) is 11.1. The molecule has 0 N–H and O–H groups in total. The summed E-state index contributed by atoms with van der Waals surface area (Å²) in [5.41, 5.74) is 3.22. The van der Waals surface area contributed by atoms with Gasteiger partial charge in [-0.2, -0.15) is 0 Å². The van der Waals surface area contributed by atoms with E-state index in [1.165, 1.54) is 16.7 Å². The minimum atomic E-state index is -0.358. The quantitative estimate of drug-likeness (QED) is 0.742. The van der Waals surface area contributed by atoms with E-state index in [2.05, 4.69) is 40.8 Å². The highest BCUT2D eigenvalue weighted by Gasteiger charge is 2.22. The van der Waals surface area contributed by atoms with Crippen LogP contribution in [0.5, 0.6) is 0 Å². The van der Waals surface area contributed by atoms with Gasteiger partial charge in [0.2, 0.25) is 10.5 Å². The molecule has 0 saturated carbocycles. The first kappa shape index (κ1) is 12.1. The molecule has 0 saturated heterocycles. The van der Waals surface area contributed by atoms with E-state index in [-0.39, 0.29) is 5.60 Å². The topological polar surface area (TPSA) is 9.23 Å². The summed E-state index contributed by atoms with van der Waals surface area (Å²) in [5.74, 6) is 0. The lowest BCUT2D eigenvalue weighted by Crippen LogP contribution is -2.21. The first-order chi connectivity index (χ1) is 8.15. The fourth-order valence-electron chi connectivity index (χ4n) is 1.93. The van der Waals surface area contributed by atoms with Crippen molar-refractivity contribution in [1.82, 2.24) is 0 Å². The molecule has 3 radical (unpaired) electrons. The van der Waals surface area contributed by atoms with Crippen LogP contribution >= 0.6 is 0 Å². The Morgan fingerprint density at radius 1 is 0.882 bits per heavy atom. The molecule has 0 unspecified atom stereocenters. The summed E-state index contributed by atoms with van der Waals surface area (Å²) in [4.78, 5) is 0. The number of hydrogen-bond acceptors (Lipinski definition) is 1. The minimum Gasteiger partial charge on any atom is -0.410 e. The Kier molecular flexibility index (Phi) is 3.45. The maximum atomic E-state index is 5.39. The maximum absolute atomic E-state index is 5.39. The number of rotatable bonds is 3. The van der Waals surface area contributed by atoms with Crippen molar-refractivity contribution in [1.29, 1.82) is 0 Å². The van der Waals surface area contributed by atoms with Crippen LogP contribution in [0.4, 0.5) is 0 Å². The minimum absolute atomic E-state index is 0.358. The SMILES string of the molecule is CC(C)(O[Si])c1ccccc1-c1ccccc1. The van der Waals surface area contributed by atoms with Gasteiger partial charge in [-0.1, -0.05) is 54.6 Å². The third-order valence-electron chi connectivity index (χ3n) is 2.92. The molecule has 85 valence electrons. The van der Waals surface area contributed by atoms with Crippen LogP contribution < -0.4 is 0 Å². The van der Waals surface area contributed by atoms with Gasteiger partial charge in [-0.05, 0) is 30.5 Å². The molecule has 0 heterocycles. The maximum Gasteiger partial charge on any atom is 0.247 e. The lowest BCUT2D eigenvalue weighted by Gasteiger charge is -2.26. The largest absolute Gasteiger partial charge is 0.410 e. The average Bonchev–Trinajstić information content (AvgIpc) is 2.40. The smallest absolute Gasteiger partial charge is 0.247 e. The van der Waals surface area contributed by atoms with E-state index in [0.717, 1.165) is 0 Å². The lowest BCUT2D eigenvalue weighted by molar-refractivity contribution is 0.124. The fraction of sp³-hybridized carbons (Fsp3) is 0.200. The third kappa shape index (κ3) is 2.48.